The first kappa shape index (κ1) is 67.4. The van der Waals surface area contributed by atoms with Crippen molar-refractivity contribution < 1.29 is 28.6 Å². The lowest BCUT2D eigenvalue weighted by Gasteiger charge is -2.18. The molecule has 0 unspecified atom stereocenters. The molecule has 0 spiro atoms. The van der Waals surface area contributed by atoms with Gasteiger partial charge in [-0.2, -0.15) is 0 Å². The van der Waals surface area contributed by atoms with Crippen LogP contribution in [0.1, 0.15) is 356 Å². The van der Waals surface area contributed by atoms with Crippen LogP contribution in [0.3, 0.4) is 0 Å². The van der Waals surface area contributed by atoms with E-state index in [-0.39, 0.29) is 31.1 Å². The zero-order valence-electron chi connectivity index (χ0n) is 47.5. The number of carbonyl (C=O) groups is 3. The van der Waals surface area contributed by atoms with Crippen molar-refractivity contribution in [1.29, 1.82) is 0 Å². The minimum Gasteiger partial charge on any atom is -0.462 e. The lowest BCUT2D eigenvalue weighted by molar-refractivity contribution is -0.167. The lowest BCUT2D eigenvalue weighted by Crippen LogP contribution is -2.30. The molecular weight excluding hydrogens is 853 g/mol. The average molecular weight is 976 g/mol. The fraction of sp³-hybridized carbons (Fsp3) is 0.952. The van der Waals surface area contributed by atoms with Crippen LogP contribution < -0.4 is 0 Å². The second-order valence-corrected chi connectivity index (χ2v) is 22.6. The fourth-order valence-corrected chi connectivity index (χ4v) is 9.76. The van der Waals surface area contributed by atoms with Gasteiger partial charge >= 0.3 is 17.9 Å². The van der Waals surface area contributed by atoms with Gasteiger partial charge in [0.05, 0.1) is 0 Å². The minimum absolute atomic E-state index is 0.0620. The lowest BCUT2D eigenvalue weighted by atomic mass is 10.0. The molecule has 0 rings (SSSR count). The molecule has 0 radical (unpaired) electrons. The van der Waals surface area contributed by atoms with Crippen LogP contribution in [-0.4, -0.2) is 37.2 Å². The van der Waals surface area contributed by atoms with Crippen LogP contribution in [0.5, 0.6) is 0 Å². The van der Waals surface area contributed by atoms with E-state index < -0.39 is 6.10 Å². The summed E-state index contributed by atoms with van der Waals surface area (Å²) in [6.07, 6.45) is 61.0. The second kappa shape index (κ2) is 55.7. The topological polar surface area (TPSA) is 78.9 Å². The third kappa shape index (κ3) is 57.2. The first-order valence-corrected chi connectivity index (χ1v) is 31.2. The number of esters is 3. The van der Waals surface area contributed by atoms with E-state index in [1.807, 2.05) is 0 Å². The van der Waals surface area contributed by atoms with Crippen molar-refractivity contribution in [2.45, 2.75) is 362 Å². The van der Waals surface area contributed by atoms with Gasteiger partial charge in [-0.3, -0.25) is 14.4 Å². The molecule has 0 fully saturated rings. The van der Waals surface area contributed by atoms with Crippen molar-refractivity contribution in [2.75, 3.05) is 13.2 Å². The largest absolute Gasteiger partial charge is 0.462 e. The summed E-state index contributed by atoms with van der Waals surface area (Å²) in [5.41, 5.74) is 0. The summed E-state index contributed by atoms with van der Waals surface area (Å²) >= 11 is 0. The molecular formula is C63H122O6. The Morgan fingerprint density at radius 1 is 0.275 bits per heavy atom. The van der Waals surface area contributed by atoms with E-state index in [1.54, 1.807) is 0 Å². The molecule has 0 aromatic carbocycles. The summed E-state index contributed by atoms with van der Waals surface area (Å²) in [4.78, 5) is 38.3. The highest BCUT2D eigenvalue weighted by molar-refractivity contribution is 5.71. The molecule has 0 saturated carbocycles. The number of hydrogen-bond acceptors (Lipinski definition) is 6. The average Bonchev–Trinajstić information content (AvgIpc) is 3.32. The van der Waals surface area contributed by atoms with Crippen LogP contribution >= 0.6 is 0 Å². The quantitative estimate of drug-likeness (QED) is 0.0343. The summed E-state index contributed by atoms with van der Waals surface area (Å²) in [7, 11) is 0. The standard InChI is InChI=1S/C63H122O6/c1-6-7-8-9-10-11-12-13-14-15-18-23-28-33-38-43-48-53-61(64)67-56-60(69-63(66)55-50-45-40-35-30-25-20-22-27-32-37-42-47-52-59(4)5)57-68-62(65)54-49-44-39-34-29-24-19-16-17-21-26-31-36-41-46-51-58(2)3/h58-60H,6-57H2,1-5H3/t60-/m0/s1. The maximum absolute atomic E-state index is 12.9. The molecule has 0 aromatic rings. The summed E-state index contributed by atoms with van der Waals surface area (Å²) in [5, 5.41) is 0. The molecule has 69 heavy (non-hydrogen) atoms. The number of carbonyl (C=O) groups excluding carboxylic acids is 3. The summed E-state index contributed by atoms with van der Waals surface area (Å²) in [5.74, 6) is 0.855. The Kier molecular flexibility index (Phi) is 54.4. The number of unbranched alkanes of at least 4 members (excludes halogenated alkanes) is 42. The van der Waals surface area contributed by atoms with Gasteiger partial charge in [-0.05, 0) is 31.1 Å². The van der Waals surface area contributed by atoms with Gasteiger partial charge in [0.15, 0.2) is 6.10 Å². The van der Waals surface area contributed by atoms with Gasteiger partial charge in [-0.25, -0.2) is 0 Å². The van der Waals surface area contributed by atoms with Gasteiger partial charge in [-0.15, -0.1) is 0 Å². The van der Waals surface area contributed by atoms with Gasteiger partial charge in [0.25, 0.3) is 0 Å². The van der Waals surface area contributed by atoms with Crippen molar-refractivity contribution in [2.24, 2.45) is 11.8 Å². The molecule has 0 aliphatic carbocycles. The van der Waals surface area contributed by atoms with Gasteiger partial charge in [-0.1, -0.05) is 317 Å². The molecule has 6 nitrogen and oxygen atoms in total. The van der Waals surface area contributed by atoms with E-state index in [0.717, 1.165) is 69.6 Å². The molecule has 0 amide bonds. The fourth-order valence-electron chi connectivity index (χ4n) is 9.76. The smallest absolute Gasteiger partial charge is 0.306 e. The van der Waals surface area contributed by atoms with Gasteiger partial charge in [0.1, 0.15) is 13.2 Å². The Morgan fingerprint density at radius 3 is 0.710 bits per heavy atom. The van der Waals surface area contributed by atoms with E-state index in [9.17, 15) is 14.4 Å². The van der Waals surface area contributed by atoms with Crippen molar-refractivity contribution in [3.05, 3.63) is 0 Å². The maximum Gasteiger partial charge on any atom is 0.306 e. The van der Waals surface area contributed by atoms with Crippen LogP contribution in [-0.2, 0) is 28.6 Å². The van der Waals surface area contributed by atoms with Crippen LogP contribution in [0.4, 0.5) is 0 Å². The Labute approximate surface area is 431 Å². The van der Waals surface area contributed by atoms with Crippen LogP contribution in [0, 0.1) is 11.8 Å². The highest BCUT2D eigenvalue weighted by Crippen LogP contribution is 2.19. The predicted octanol–water partition coefficient (Wildman–Crippen LogP) is 20.8. The summed E-state index contributed by atoms with van der Waals surface area (Å²) in [6, 6.07) is 0. The predicted molar refractivity (Wildman–Crippen MR) is 298 cm³/mol. The summed E-state index contributed by atoms with van der Waals surface area (Å²) in [6.45, 7) is 11.4. The van der Waals surface area contributed by atoms with E-state index in [2.05, 4.69) is 34.6 Å². The Hall–Kier alpha value is -1.59. The van der Waals surface area contributed by atoms with Crippen LogP contribution in [0.25, 0.3) is 0 Å². The van der Waals surface area contributed by atoms with Gasteiger partial charge in [0.2, 0.25) is 0 Å². The molecule has 410 valence electrons. The zero-order chi connectivity index (χ0) is 50.4. The molecule has 0 N–H and O–H groups in total. The Morgan fingerprint density at radius 2 is 0.478 bits per heavy atom. The van der Waals surface area contributed by atoms with Gasteiger partial charge < -0.3 is 14.2 Å². The third-order valence-corrected chi connectivity index (χ3v) is 14.5. The third-order valence-electron chi connectivity index (χ3n) is 14.5. The first-order valence-electron chi connectivity index (χ1n) is 31.2. The normalized spacial score (nSPS) is 12.0. The highest BCUT2D eigenvalue weighted by atomic mass is 16.6. The molecule has 1 atom stereocenters. The molecule has 0 aromatic heterocycles. The number of ether oxygens (including phenoxy) is 3. The zero-order valence-corrected chi connectivity index (χ0v) is 47.5. The molecule has 0 aliphatic rings. The number of rotatable bonds is 57. The van der Waals surface area contributed by atoms with Crippen molar-refractivity contribution in [3.63, 3.8) is 0 Å². The van der Waals surface area contributed by atoms with Crippen molar-refractivity contribution >= 4 is 17.9 Å². The minimum atomic E-state index is -0.763. The Bertz CT molecular complexity index is 1060. The monoisotopic (exact) mass is 975 g/mol. The molecule has 0 bridgehead atoms. The highest BCUT2D eigenvalue weighted by Gasteiger charge is 2.19. The number of hydrogen-bond donors (Lipinski definition) is 0. The van der Waals surface area contributed by atoms with Gasteiger partial charge in [0, 0.05) is 19.3 Å². The second-order valence-electron chi connectivity index (χ2n) is 22.6. The van der Waals surface area contributed by atoms with E-state index >= 15 is 0 Å². The molecule has 6 heteroatoms. The van der Waals surface area contributed by atoms with Crippen LogP contribution in [0.2, 0.25) is 0 Å². The molecule has 0 aliphatic heterocycles. The van der Waals surface area contributed by atoms with E-state index in [4.69, 9.17) is 14.2 Å². The maximum atomic E-state index is 12.9. The Balaban J connectivity index is 4.29. The van der Waals surface area contributed by atoms with Crippen LogP contribution in [0.15, 0.2) is 0 Å². The first-order chi connectivity index (χ1) is 33.7. The molecule has 0 heterocycles. The summed E-state index contributed by atoms with van der Waals surface area (Å²) < 4.78 is 16.9. The van der Waals surface area contributed by atoms with Crippen molar-refractivity contribution in [3.8, 4) is 0 Å². The van der Waals surface area contributed by atoms with Crippen molar-refractivity contribution in [1.82, 2.24) is 0 Å². The molecule has 0 saturated heterocycles. The van der Waals surface area contributed by atoms with E-state index in [1.165, 1.54) is 244 Å². The SMILES string of the molecule is CCCCCCCCCCCCCCCCCCCC(=O)OC[C@@H](COC(=O)CCCCCCCCCCCCCCCCCC(C)C)OC(=O)CCCCCCCCCCCCCCCC(C)C. The van der Waals surface area contributed by atoms with E-state index in [0.29, 0.717) is 19.3 Å².